The highest BCUT2D eigenvalue weighted by molar-refractivity contribution is 14.0. The van der Waals surface area contributed by atoms with Gasteiger partial charge in [0, 0.05) is 45.8 Å². The first-order chi connectivity index (χ1) is 13.5. The van der Waals surface area contributed by atoms with Gasteiger partial charge in [0.2, 0.25) is 0 Å². The van der Waals surface area contributed by atoms with Crippen molar-refractivity contribution in [1.29, 1.82) is 0 Å². The van der Waals surface area contributed by atoms with E-state index >= 15 is 0 Å². The van der Waals surface area contributed by atoms with E-state index in [-0.39, 0.29) is 24.0 Å². The lowest BCUT2D eigenvalue weighted by Gasteiger charge is -2.33. The van der Waals surface area contributed by atoms with Crippen LogP contribution in [0.2, 0.25) is 0 Å². The minimum absolute atomic E-state index is 0. The predicted octanol–water partition coefficient (Wildman–Crippen LogP) is 0.270. The molecule has 0 bridgehead atoms. The minimum atomic E-state index is -0.836. The predicted molar refractivity (Wildman–Crippen MR) is 130 cm³/mol. The largest absolute Gasteiger partial charge is 0.387 e. The van der Waals surface area contributed by atoms with E-state index in [1.807, 2.05) is 6.92 Å². The Morgan fingerprint density at radius 2 is 1.83 bits per heavy atom. The summed E-state index contributed by atoms with van der Waals surface area (Å²) in [5.74, 6) is 0.792. The first kappa shape index (κ1) is 26.8. The standard InChI is InChI=1S/C20H42N6O2.HI/c1-4-21-19(22-7-5-9-25-10-6-8-24(3)11-12-25)23-17-20(2,27)18-26-13-15-28-16-14-26;/h27H,4-18H2,1-3H3,(H2,21,22,23);1H. The van der Waals surface area contributed by atoms with Crippen molar-refractivity contribution < 1.29 is 9.84 Å². The Balaban J connectivity index is 0.00000420. The number of likely N-dealkylation sites (N-methyl/N-ethyl adjacent to an activating group) is 1. The molecule has 0 saturated carbocycles. The van der Waals surface area contributed by atoms with E-state index in [4.69, 9.17) is 4.74 Å². The second-order valence-electron chi connectivity index (χ2n) is 8.36. The number of aliphatic imine (C=N–C) groups is 1. The van der Waals surface area contributed by atoms with Gasteiger partial charge in [-0.1, -0.05) is 0 Å². The second-order valence-corrected chi connectivity index (χ2v) is 8.36. The van der Waals surface area contributed by atoms with Gasteiger partial charge in [-0.15, -0.1) is 24.0 Å². The van der Waals surface area contributed by atoms with Crippen molar-refractivity contribution in [3.8, 4) is 0 Å². The topological polar surface area (TPSA) is 75.6 Å². The van der Waals surface area contributed by atoms with E-state index in [0.29, 0.717) is 13.1 Å². The summed E-state index contributed by atoms with van der Waals surface area (Å²) in [4.78, 5) is 11.8. The monoisotopic (exact) mass is 526 g/mol. The summed E-state index contributed by atoms with van der Waals surface area (Å²) in [6.45, 7) is 15.8. The Morgan fingerprint density at radius 3 is 2.55 bits per heavy atom. The number of nitrogens with zero attached hydrogens (tertiary/aromatic N) is 4. The normalized spacial score (nSPS) is 22.4. The van der Waals surface area contributed by atoms with Crippen LogP contribution < -0.4 is 10.6 Å². The van der Waals surface area contributed by atoms with Gasteiger partial charge >= 0.3 is 0 Å². The molecular weight excluding hydrogens is 483 g/mol. The maximum Gasteiger partial charge on any atom is 0.191 e. The van der Waals surface area contributed by atoms with E-state index in [0.717, 1.165) is 71.4 Å². The average molecular weight is 527 g/mol. The molecule has 2 saturated heterocycles. The molecule has 2 rings (SSSR count). The van der Waals surface area contributed by atoms with Crippen LogP contribution in [0.4, 0.5) is 0 Å². The fraction of sp³-hybridized carbons (Fsp3) is 0.950. The Labute approximate surface area is 194 Å². The molecule has 0 aromatic carbocycles. The summed E-state index contributed by atoms with van der Waals surface area (Å²) in [6, 6.07) is 0. The zero-order valence-corrected chi connectivity index (χ0v) is 21.0. The summed E-state index contributed by atoms with van der Waals surface area (Å²) in [6.07, 6.45) is 2.35. The highest BCUT2D eigenvalue weighted by atomic mass is 127. The van der Waals surface area contributed by atoms with Crippen LogP contribution in [0.15, 0.2) is 4.99 Å². The number of ether oxygens (including phenoxy) is 1. The minimum Gasteiger partial charge on any atom is -0.387 e. The lowest BCUT2D eigenvalue weighted by Crippen LogP contribution is -2.48. The van der Waals surface area contributed by atoms with E-state index in [2.05, 4.69) is 44.3 Å². The van der Waals surface area contributed by atoms with Crippen LogP contribution in [0.1, 0.15) is 26.7 Å². The van der Waals surface area contributed by atoms with Crippen molar-refractivity contribution in [1.82, 2.24) is 25.3 Å². The molecule has 2 aliphatic heterocycles. The Bertz CT molecular complexity index is 460. The molecule has 0 spiro atoms. The van der Waals surface area contributed by atoms with Crippen molar-refractivity contribution in [3.05, 3.63) is 0 Å². The van der Waals surface area contributed by atoms with Gasteiger partial charge in [0.1, 0.15) is 0 Å². The summed E-state index contributed by atoms with van der Waals surface area (Å²) in [5, 5.41) is 17.4. The molecule has 2 fully saturated rings. The number of hydrogen-bond donors (Lipinski definition) is 3. The van der Waals surface area contributed by atoms with Crippen molar-refractivity contribution in [2.24, 2.45) is 4.99 Å². The molecule has 0 aromatic rings. The van der Waals surface area contributed by atoms with E-state index in [1.54, 1.807) is 0 Å². The highest BCUT2D eigenvalue weighted by Crippen LogP contribution is 2.09. The molecular formula is C20H43IN6O2. The molecule has 0 aromatic heterocycles. The van der Waals surface area contributed by atoms with E-state index in [9.17, 15) is 5.11 Å². The number of morpholine rings is 1. The summed E-state index contributed by atoms with van der Waals surface area (Å²) >= 11 is 0. The molecule has 9 heteroatoms. The first-order valence-corrected chi connectivity index (χ1v) is 10.9. The maximum absolute atomic E-state index is 10.7. The van der Waals surface area contributed by atoms with Crippen LogP contribution >= 0.6 is 24.0 Å². The van der Waals surface area contributed by atoms with Gasteiger partial charge in [-0.2, -0.15) is 0 Å². The number of halogens is 1. The molecule has 1 unspecified atom stereocenters. The quantitative estimate of drug-likeness (QED) is 0.172. The molecule has 8 nitrogen and oxygen atoms in total. The molecule has 0 aliphatic carbocycles. The number of rotatable bonds is 9. The van der Waals surface area contributed by atoms with Gasteiger partial charge in [0.25, 0.3) is 0 Å². The fourth-order valence-corrected chi connectivity index (χ4v) is 3.72. The van der Waals surface area contributed by atoms with Crippen molar-refractivity contribution in [2.45, 2.75) is 32.3 Å². The van der Waals surface area contributed by atoms with Crippen molar-refractivity contribution >= 4 is 29.9 Å². The second kappa shape index (κ2) is 14.7. The maximum atomic E-state index is 10.7. The molecule has 1 atom stereocenters. The molecule has 2 aliphatic rings. The van der Waals surface area contributed by atoms with Crippen LogP contribution in [0.3, 0.4) is 0 Å². The molecule has 2 heterocycles. The zero-order chi connectivity index (χ0) is 20.2. The summed E-state index contributed by atoms with van der Waals surface area (Å²) < 4.78 is 5.38. The SMILES string of the molecule is CCNC(=NCC(C)(O)CN1CCOCC1)NCCCN1CCCN(C)CC1.I. The van der Waals surface area contributed by atoms with Crippen molar-refractivity contribution in [2.75, 3.05) is 92.3 Å². The molecule has 0 radical (unpaired) electrons. The molecule has 3 N–H and O–H groups in total. The zero-order valence-electron chi connectivity index (χ0n) is 18.7. The van der Waals surface area contributed by atoms with Crippen LogP contribution in [-0.2, 0) is 4.74 Å². The Morgan fingerprint density at radius 1 is 1.07 bits per heavy atom. The van der Waals surface area contributed by atoms with E-state index < -0.39 is 5.60 Å². The van der Waals surface area contributed by atoms with Crippen molar-refractivity contribution in [3.63, 3.8) is 0 Å². The van der Waals surface area contributed by atoms with E-state index in [1.165, 1.54) is 19.5 Å². The van der Waals surface area contributed by atoms with Gasteiger partial charge in [-0.05, 0) is 53.4 Å². The van der Waals surface area contributed by atoms with Gasteiger partial charge in [0.15, 0.2) is 5.96 Å². The van der Waals surface area contributed by atoms with Crippen LogP contribution in [-0.4, -0.2) is 124 Å². The third-order valence-corrected chi connectivity index (χ3v) is 5.35. The lowest BCUT2D eigenvalue weighted by atomic mass is 10.1. The number of β-amino-alcohol motifs (C(OH)–C–C–N with tert-alkyl or cyclic N) is 1. The summed E-state index contributed by atoms with van der Waals surface area (Å²) in [7, 11) is 2.21. The summed E-state index contributed by atoms with van der Waals surface area (Å²) in [5.41, 5.74) is -0.836. The number of aliphatic hydroxyl groups is 1. The van der Waals surface area contributed by atoms with Gasteiger partial charge < -0.3 is 30.3 Å². The smallest absolute Gasteiger partial charge is 0.191 e. The fourth-order valence-electron chi connectivity index (χ4n) is 3.72. The van der Waals surface area contributed by atoms with Crippen LogP contribution in [0.5, 0.6) is 0 Å². The van der Waals surface area contributed by atoms with Crippen LogP contribution in [0.25, 0.3) is 0 Å². The third-order valence-electron chi connectivity index (χ3n) is 5.35. The molecule has 172 valence electrons. The number of guanidine groups is 1. The average Bonchev–Trinajstić information content (AvgIpc) is 2.88. The lowest BCUT2D eigenvalue weighted by molar-refractivity contribution is -0.0179. The number of hydrogen-bond acceptors (Lipinski definition) is 6. The Hall–Kier alpha value is -0.200. The first-order valence-electron chi connectivity index (χ1n) is 10.9. The highest BCUT2D eigenvalue weighted by Gasteiger charge is 2.25. The van der Waals surface area contributed by atoms with Gasteiger partial charge in [0.05, 0.1) is 25.4 Å². The Kier molecular flexibility index (Phi) is 13.6. The molecule has 29 heavy (non-hydrogen) atoms. The van der Waals surface area contributed by atoms with Gasteiger partial charge in [-0.3, -0.25) is 9.89 Å². The third kappa shape index (κ3) is 11.7. The number of nitrogens with one attached hydrogen (secondary N) is 2. The van der Waals surface area contributed by atoms with Gasteiger partial charge in [-0.25, -0.2) is 0 Å². The molecule has 0 amide bonds. The van der Waals surface area contributed by atoms with Crippen LogP contribution in [0, 0.1) is 0 Å².